The molecular weight excluding hydrogens is 150 g/mol. The third-order valence-corrected chi connectivity index (χ3v) is 2.66. The van der Waals surface area contributed by atoms with Gasteiger partial charge in [0, 0.05) is 12.1 Å². The number of amides is 1. The quantitative estimate of drug-likeness (QED) is 0.584. The van der Waals surface area contributed by atoms with Gasteiger partial charge in [0.05, 0.1) is 0 Å². The summed E-state index contributed by atoms with van der Waals surface area (Å²) in [7, 11) is 0. The largest absolute Gasteiger partial charge is 0.349 e. The predicted octanol–water partition coefficient (Wildman–Crippen LogP) is 1.54. The fourth-order valence-corrected chi connectivity index (χ4v) is 1.80. The monoisotopic (exact) mass is 163 g/mol. The molecule has 0 unspecified atom stereocenters. The minimum absolute atomic E-state index is 0.157. The molecule has 0 radical (unpaired) electrons. The topological polar surface area (TPSA) is 29.1 Å². The molecule has 0 atom stereocenters. The second-order valence-corrected chi connectivity index (χ2v) is 3.36. The summed E-state index contributed by atoms with van der Waals surface area (Å²) in [6.45, 7) is 2.92. The van der Waals surface area contributed by atoms with Crippen LogP contribution < -0.4 is 5.32 Å². The van der Waals surface area contributed by atoms with Crippen LogP contribution in [0.4, 0.5) is 0 Å². The molecule has 2 nitrogen and oxygen atoms in total. The van der Waals surface area contributed by atoms with Crippen LogP contribution in [0.25, 0.3) is 0 Å². The van der Waals surface area contributed by atoms with E-state index in [1.165, 1.54) is 11.1 Å². The lowest BCUT2D eigenvalue weighted by Crippen LogP contribution is -2.17. The second-order valence-electron chi connectivity index (χ2n) is 3.36. The fourth-order valence-electron chi connectivity index (χ4n) is 1.80. The van der Waals surface area contributed by atoms with Crippen molar-refractivity contribution >= 4 is 5.91 Å². The Balaban J connectivity index is 2.20. The van der Waals surface area contributed by atoms with Crippen LogP contribution in [0.2, 0.25) is 0 Å². The van der Waals surface area contributed by atoms with Gasteiger partial charge in [-0.15, -0.1) is 0 Å². The molecule has 0 fully saturated rings. The van der Waals surface area contributed by atoms with Crippen LogP contribution in [0.1, 0.15) is 26.2 Å². The van der Waals surface area contributed by atoms with Gasteiger partial charge in [-0.1, -0.05) is 18.6 Å². The number of hydrogen-bond acceptors (Lipinski definition) is 1. The van der Waals surface area contributed by atoms with Crippen LogP contribution >= 0.6 is 0 Å². The molecule has 2 rings (SSSR count). The van der Waals surface area contributed by atoms with Gasteiger partial charge in [0.1, 0.15) is 0 Å². The summed E-state index contributed by atoms with van der Waals surface area (Å²) >= 11 is 0. The minimum atomic E-state index is 0.157. The summed E-state index contributed by atoms with van der Waals surface area (Å²) < 4.78 is 0. The first-order chi connectivity index (χ1) is 5.81. The molecule has 0 aromatic heterocycles. The first kappa shape index (κ1) is 7.59. The van der Waals surface area contributed by atoms with Crippen molar-refractivity contribution in [1.29, 1.82) is 0 Å². The van der Waals surface area contributed by atoms with E-state index in [1.807, 2.05) is 0 Å². The van der Waals surface area contributed by atoms with Gasteiger partial charge in [-0.25, -0.2) is 0 Å². The van der Waals surface area contributed by atoms with Crippen LogP contribution in [0, 0.1) is 0 Å². The van der Waals surface area contributed by atoms with E-state index in [0.29, 0.717) is 0 Å². The third-order valence-electron chi connectivity index (χ3n) is 2.66. The Labute approximate surface area is 72.3 Å². The van der Waals surface area contributed by atoms with Crippen LogP contribution in [-0.4, -0.2) is 12.5 Å². The van der Waals surface area contributed by atoms with Crippen LogP contribution in [0.3, 0.4) is 0 Å². The Bertz CT molecular complexity index is 286. The van der Waals surface area contributed by atoms with Crippen molar-refractivity contribution in [2.45, 2.75) is 26.2 Å². The standard InChI is InChI=1S/C10H13NO/c1-2-7-3-4-8-6-11-10(12)9(8)5-7/h3H,2,4-6H2,1H3,(H,11,12). The smallest absolute Gasteiger partial charge is 0.247 e. The van der Waals surface area contributed by atoms with E-state index in [9.17, 15) is 4.79 Å². The van der Waals surface area contributed by atoms with Crippen molar-refractivity contribution in [2.24, 2.45) is 0 Å². The molecule has 1 aliphatic heterocycles. The number of allylic oxidation sites excluding steroid dienone is 2. The average Bonchev–Trinajstić information content (AvgIpc) is 2.47. The lowest BCUT2D eigenvalue weighted by atomic mass is 9.92. The predicted molar refractivity (Wildman–Crippen MR) is 47.6 cm³/mol. The Hall–Kier alpha value is -1.05. The normalized spacial score (nSPS) is 22.1. The SMILES string of the molecule is CCC1=CCC2=C(C1)C(=O)NC2. The van der Waals surface area contributed by atoms with E-state index in [1.54, 1.807) is 0 Å². The summed E-state index contributed by atoms with van der Waals surface area (Å²) in [6, 6.07) is 0. The number of carbonyl (C=O) groups excluding carboxylic acids is 1. The van der Waals surface area contributed by atoms with E-state index in [2.05, 4.69) is 18.3 Å². The third kappa shape index (κ3) is 1.07. The first-order valence-corrected chi connectivity index (χ1v) is 4.48. The highest BCUT2D eigenvalue weighted by molar-refractivity contribution is 5.97. The van der Waals surface area contributed by atoms with Gasteiger partial charge in [0.15, 0.2) is 0 Å². The van der Waals surface area contributed by atoms with Gasteiger partial charge >= 0.3 is 0 Å². The van der Waals surface area contributed by atoms with Crippen molar-refractivity contribution in [3.8, 4) is 0 Å². The summed E-state index contributed by atoms with van der Waals surface area (Å²) in [5.74, 6) is 0.157. The average molecular weight is 163 g/mol. The van der Waals surface area contributed by atoms with Crippen molar-refractivity contribution in [2.75, 3.05) is 6.54 Å². The second kappa shape index (κ2) is 2.77. The molecule has 0 spiro atoms. The van der Waals surface area contributed by atoms with Crippen molar-refractivity contribution < 1.29 is 4.79 Å². The van der Waals surface area contributed by atoms with Gasteiger partial charge in [0.2, 0.25) is 5.91 Å². The zero-order valence-corrected chi connectivity index (χ0v) is 7.31. The molecule has 2 heteroatoms. The summed E-state index contributed by atoms with van der Waals surface area (Å²) in [5, 5.41) is 2.86. The van der Waals surface area contributed by atoms with E-state index in [0.717, 1.165) is 31.4 Å². The Kier molecular flexibility index (Phi) is 1.75. The summed E-state index contributed by atoms with van der Waals surface area (Å²) in [5.41, 5.74) is 3.75. The molecular formula is C10H13NO. The lowest BCUT2D eigenvalue weighted by Gasteiger charge is -2.11. The number of nitrogens with one attached hydrogen (secondary N) is 1. The van der Waals surface area contributed by atoms with Crippen molar-refractivity contribution in [1.82, 2.24) is 5.32 Å². The van der Waals surface area contributed by atoms with E-state index in [4.69, 9.17) is 0 Å². The van der Waals surface area contributed by atoms with Crippen LogP contribution in [-0.2, 0) is 4.79 Å². The lowest BCUT2D eigenvalue weighted by molar-refractivity contribution is -0.116. The van der Waals surface area contributed by atoms with Gasteiger partial charge in [0.25, 0.3) is 0 Å². The highest BCUT2D eigenvalue weighted by atomic mass is 16.1. The maximum atomic E-state index is 11.3. The maximum absolute atomic E-state index is 11.3. The van der Waals surface area contributed by atoms with E-state index in [-0.39, 0.29) is 5.91 Å². The molecule has 1 N–H and O–H groups in total. The molecule has 12 heavy (non-hydrogen) atoms. The van der Waals surface area contributed by atoms with E-state index >= 15 is 0 Å². The maximum Gasteiger partial charge on any atom is 0.247 e. The first-order valence-electron chi connectivity index (χ1n) is 4.48. The van der Waals surface area contributed by atoms with Crippen molar-refractivity contribution in [3.05, 3.63) is 22.8 Å². The van der Waals surface area contributed by atoms with Gasteiger partial charge in [-0.3, -0.25) is 4.79 Å². The molecule has 0 aromatic rings. The zero-order chi connectivity index (χ0) is 8.55. The molecule has 0 saturated carbocycles. The Morgan fingerprint density at radius 2 is 2.42 bits per heavy atom. The molecule has 1 aliphatic carbocycles. The van der Waals surface area contributed by atoms with Crippen LogP contribution in [0.15, 0.2) is 22.8 Å². The highest BCUT2D eigenvalue weighted by Crippen LogP contribution is 2.28. The molecule has 2 aliphatic rings. The Morgan fingerprint density at radius 1 is 1.58 bits per heavy atom. The molecule has 1 heterocycles. The fraction of sp³-hybridized carbons (Fsp3) is 0.500. The molecule has 0 saturated heterocycles. The van der Waals surface area contributed by atoms with Gasteiger partial charge in [-0.05, 0) is 24.8 Å². The summed E-state index contributed by atoms with van der Waals surface area (Å²) in [4.78, 5) is 11.3. The number of rotatable bonds is 1. The summed E-state index contributed by atoms with van der Waals surface area (Å²) in [6.07, 6.45) is 5.21. The molecule has 0 bridgehead atoms. The van der Waals surface area contributed by atoms with Crippen molar-refractivity contribution in [3.63, 3.8) is 0 Å². The number of hydrogen-bond donors (Lipinski definition) is 1. The zero-order valence-electron chi connectivity index (χ0n) is 7.31. The number of carbonyl (C=O) groups is 1. The Morgan fingerprint density at radius 3 is 3.17 bits per heavy atom. The van der Waals surface area contributed by atoms with Gasteiger partial charge in [-0.2, -0.15) is 0 Å². The molecule has 1 amide bonds. The highest BCUT2D eigenvalue weighted by Gasteiger charge is 2.24. The van der Waals surface area contributed by atoms with Crippen LogP contribution in [0.5, 0.6) is 0 Å². The minimum Gasteiger partial charge on any atom is -0.349 e. The molecule has 0 aromatic carbocycles. The van der Waals surface area contributed by atoms with Gasteiger partial charge < -0.3 is 5.32 Å². The van der Waals surface area contributed by atoms with E-state index < -0.39 is 0 Å². The molecule has 64 valence electrons.